The van der Waals surface area contributed by atoms with Crippen LogP contribution in [0.3, 0.4) is 0 Å². The molecule has 2 saturated heterocycles. The number of hydrogen-bond acceptors (Lipinski definition) is 3. The van der Waals surface area contributed by atoms with Crippen LogP contribution in [0.1, 0.15) is 40.5 Å². The van der Waals surface area contributed by atoms with E-state index in [9.17, 15) is 0 Å². The highest BCUT2D eigenvalue weighted by molar-refractivity contribution is 4.92. The monoisotopic (exact) mass is 242 g/mol. The lowest BCUT2D eigenvalue weighted by Gasteiger charge is -2.38. The van der Waals surface area contributed by atoms with E-state index in [0.29, 0.717) is 12.1 Å². The molecule has 0 aliphatic carbocycles. The van der Waals surface area contributed by atoms with Crippen LogP contribution in [-0.2, 0) is 4.74 Å². The molecule has 0 aromatic rings. The quantitative estimate of drug-likeness (QED) is 0.755. The minimum Gasteiger partial charge on any atom is -0.377 e. The van der Waals surface area contributed by atoms with Gasteiger partial charge in [-0.3, -0.25) is 4.90 Å². The van der Waals surface area contributed by atoms with Crippen molar-refractivity contribution in [3.63, 3.8) is 0 Å². The molecule has 0 amide bonds. The summed E-state index contributed by atoms with van der Waals surface area (Å²) in [5.41, 5.74) is 0. The highest BCUT2D eigenvalue weighted by Crippen LogP contribution is 2.27. The second-order valence-corrected chi connectivity index (χ2v) is 5.27. The fourth-order valence-corrected chi connectivity index (χ4v) is 2.80. The average molecular weight is 242 g/mol. The van der Waals surface area contributed by atoms with E-state index in [1.807, 2.05) is 13.8 Å². The molecule has 2 rings (SSSR count). The van der Waals surface area contributed by atoms with Crippen LogP contribution in [0.15, 0.2) is 0 Å². The maximum atomic E-state index is 5.75. The minimum absolute atomic E-state index is 0.372. The first-order valence-corrected chi connectivity index (χ1v) is 7.22. The number of fused-ring (bicyclic) bond motifs is 1. The summed E-state index contributed by atoms with van der Waals surface area (Å²) in [5.74, 6) is 0. The number of likely N-dealkylation sites (N-methyl/N-ethyl adjacent to an activating group) is 1. The van der Waals surface area contributed by atoms with Gasteiger partial charge in [-0.25, -0.2) is 0 Å². The summed E-state index contributed by atoms with van der Waals surface area (Å²) in [6.45, 7) is 12.9. The molecule has 3 heteroatoms. The zero-order valence-electron chi connectivity index (χ0n) is 12.3. The topological polar surface area (TPSA) is 15.7 Å². The Morgan fingerprint density at radius 2 is 1.88 bits per heavy atom. The molecule has 3 nitrogen and oxygen atoms in total. The van der Waals surface area contributed by atoms with E-state index in [2.05, 4.69) is 30.7 Å². The van der Waals surface area contributed by atoms with Crippen LogP contribution >= 0.6 is 0 Å². The third kappa shape index (κ3) is 4.23. The normalized spacial score (nSPS) is 30.0. The molecule has 2 aliphatic rings. The summed E-state index contributed by atoms with van der Waals surface area (Å²) in [6, 6.07) is 1.48. The van der Waals surface area contributed by atoms with Gasteiger partial charge in [-0.2, -0.15) is 0 Å². The molecule has 2 aliphatic heterocycles. The fourth-order valence-electron chi connectivity index (χ4n) is 2.80. The predicted octanol–water partition coefficient (Wildman–Crippen LogP) is 2.22. The van der Waals surface area contributed by atoms with Crippen LogP contribution < -0.4 is 0 Å². The number of piperazine rings is 1. The lowest BCUT2D eigenvalue weighted by molar-refractivity contribution is 0.0129. The third-order valence-electron chi connectivity index (χ3n) is 3.66. The maximum absolute atomic E-state index is 5.75. The van der Waals surface area contributed by atoms with E-state index in [0.717, 1.165) is 12.6 Å². The fraction of sp³-hybridized carbons (Fsp3) is 1.00. The summed E-state index contributed by atoms with van der Waals surface area (Å²) in [7, 11) is 2.23. The standard InChI is InChI=1S/C12H24N2O.C2H6/c1-10(2)15-9-12-5-4-11-8-13(3)6-7-14(11)12;1-2/h10-12H,4-9H2,1-3H3;1-2H3. The Bertz CT molecular complexity index is 208. The Balaban J connectivity index is 0.000000686. The summed E-state index contributed by atoms with van der Waals surface area (Å²) >= 11 is 0. The summed E-state index contributed by atoms with van der Waals surface area (Å²) in [6.07, 6.45) is 3.05. The molecule has 2 atom stereocenters. The molecule has 17 heavy (non-hydrogen) atoms. The van der Waals surface area contributed by atoms with Gasteiger partial charge < -0.3 is 9.64 Å². The van der Waals surface area contributed by atoms with Crippen molar-refractivity contribution in [3.8, 4) is 0 Å². The van der Waals surface area contributed by atoms with E-state index in [1.165, 1.54) is 32.5 Å². The largest absolute Gasteiger partial charge is 0.377 e. The lowest BCUT2D eigenvalue weighted by Crippen LogP contribution is -2.52. The van der Waals surface area contributed by atoms with E-state index < -0.39 is 0 Å². The van der Waals surface area contributed by atoms with Crippen molar-refractivity contribution < 1.29 is 4.74 Å². The molecule has 0 spiro atoms. The van der Waals surface area contributed by atoms with Crippen molar-refractivity contribution in [2.24, 2.45) is 0 Å². The molecule has 0 N–H and O–H groups in total. The maximum Gasteiger partial charge on any atom is 0.0625 e. The summed E-state index contributed by atoms with van der Waals surface area (Å²) < 4.78 is 5.75. The third-order valence-corrected chi connectivity index (χ3v) is 3.66. The van der Waals surface area contributed by atoms with Gasteiger partial charge in [0.2, 0.25) is 0 Å². The Morgan fingerprint density at radius 3 is 2.53 bits per heavy atom. The summed E-state index contributed by atoms with van der Waals surface area (Å²) in [5, 5.41) is 0. The molecular weight excluding hydrogens is 212 g/mol. The Kier molecular flexibility index (Phi) is 6.45. The van der Waals surface area contributed by atoms with Crippen LogP contribution in [0.5, 0.6) is 0 Å². The van der Waals surface area contributed by atoms with Crippen molar-refractivity contribution in [1.82, 2.24) is 9.80 Å². The zero-order valence-corrected chi connectivity index (χ0v) is 12.3. The van der Waals surface area contributed by atoms with Crippen molar-refractivity contribution in [2.75, 3.05) is 33.3 Å². The van der Waals surface area contributed by atoms with E-state index >= 15 is 0 Å². The van der Waals surface area contributed by atoms with Gasteiger partial charge in [-0.1, -0.05) is 13.8 Å². The molecule has 0 aromatic carbocycles. The molecule has 0 saturated carbocycles. The number of nitrogens with zero attached hydrogens (tertiary/aromatic N) is 2. The van der Waals surface area contributed by atoms with Gasteiger partial charge >= 0.3 is 0 Å². The van der Waals surface area contributed by atoms with Crippen molar-refractivity contribution in [1.29, 1.82) is 0 Å². The molecule has 0 bridgehead atoms. The second-order valence-electron chi connectivity index (χ2n) is 5.27. The number of hydrogen-bond donors (Lipinski definition) is 0. The molecule has 2 heterocycles. The number of ether oxygens (including phenoxy) is 1. The summed E-state index contributed by atoms with van der Waals surface area (Å²) in [4.78, 5) is 5.12. The van der Waals surface area contributed by atoms with Gasteiger partial charge in [0.1, 0.15) is 0 Å². The Hall–Kier alpha value is -0.120. The van der Waals surface area contributed by atoms with Crippen LogP contribution in [-0.4, -0.2) is 61.3 Å². The van der Waals surface area contributed by atoms with Gasteiger partial charge in [0.15, 0.2) is 0 Å². The van der Waals surface area contributed by atoms with Crippen LogP contribution in [0.2, 0.25) is 0 Å². The molecule has 2 unspecified atom stereocenters. The van der Waals surface area contributed by atoms with Crippen molar-refractivity contribution >= 4 is 0 Å². The van der Waals surface area contributed by atoms with E-state index in [1.54, 1.807) is 0 Å². The second kappa shape index (κ2) is 7.34. The molecule has 0 radical (unpaired) electrons. The van der Waals surface area contributed by atoms with E-state index in [4.69, 9.17) is 4.74 Å². The first kappa shape index (κ1) is 14.9. The zero-order chi connectivity index (χ0) is 12.8. The van der Waals surface area contributed by atoms with Gasteiger partial charge in [0, 0.05) is 31.7 Å². The molecule has 0 aromatic heterocycles. The van der Waals surface area contributed by atoms with E-state index in [-0.39, 0.29) is 0 Å². The van der Waals surface area contributed by atoms with Crippen LogP contribution in [0.4, 0.5) is 0 Å². The SMILES string of the molecule is CC.CC(C)OCC1CCC2CN(C)CCN12. The Labute approximate surface area is 107 Å². The van der Waals surface area contributed by atoms with Gasteiger partial charge in [0.05, 0.1) is 12.7 Å². The highest BCUT2D eigenvalue weighted by atomic mass is 16.5. The minimum atomic E-state index is 0.372. The number of rotatable bonds is 3. The smallest absolute Gasteiger partial charge is 0.0625 e. The van der Waals surface area contributed by atoms with Gasteiger partial charge in [-0.05, 0) is 33.7 Å². The Morgan fingerprint density at radius 1 is 1.18 bits per heavy atom. The van der Waals surface area contributed by atoms with Crippen molar-refractivity contribution in [2.45, 2.75) is 58.7 Å². The average Bonchev–Trinajstić information content (AvgIpc) is 2.71. The first-order chi connectivity index (χ1) is 8.16. The first-order valence-electron chi connectivity index (χ1n) is 7.22. The van der Waals surface area contributed by atoms with Crippen LogP contribution in [0, 0.1) is 0 Å². The van der Waals surface area contributed by atoms with Gasteiger partial charge in [-0.15, -0.1) is 0 Å². The van der Waals surface area contributed by atoms with Gasteiger partial charge in [0.25, 0.3) is 0 Å². The predicted molar refractivity (Wildman–Crippen MR) is 73.4 cm³/mol. The van der Waals surface area contributed by atoms with Crippen LogP contribution in [0.25, 0.3) is 0 Å². The highest BCUT2D eigenvalue weighted by Gasteiger charge is 2.36. The lowest BCUT2D eigenvalue weighted by atomic mass is 10.2. The van der Waals surface area contributed by atoms with Crippen molar-refractivity contribution in [3.05, 3.63) is 0 Å². The molecular formula is C14H30N2O. The molecule has 2 fully saturated rings. The molecule has 102 valence electrons.